The van der Waals surface area contributed by atoms with Crippen molar-refractivity contribution in [3.8, 4) is 0 Å². The van der Waals surface area contributed by atoms with Gasteiger partial charge in [-0.3, -0.25) is 0 Å². The number of rotatable bonds is 6. The van der Waals surface area contributed by atoms with E-state index < -0.39 is 0 Å². The summed E-state index contributed by atoms with van der Waals surface area (Å²) in [5, 5.41) is 0. The fourth-order valence-corrected chi connectivity index (χ4v) is 2.61. The molecule has 3 nitrogen and oxygen atoms in total. The van der Waals surface area contributed by atoms with Crippen LogP contribution in [0.25, 0.3) is 0 Å². The van der Waals surface area contributed by atoms with Crippen molar-refractivity contribution in [1.29, 1.82) is 0 Å². The lowest BCUT2D eigenvalue weighted by Gasteiger charge is -2.26. The van der Waals surface area contributed by atoms with Gasteiger partial charge >= 0.3 is 0 Å². The fraction of sp³-hybridized carbons (Fsp3) is 0.600. The molecule has 1 aromatic heterocycles. The van der Waals surface area contributed by atoms with E-state index in [1.807, 2.05) is 19.1 Å². The zero-order valence-corrected chi connectivity index (χ0v) is 12.2. The summed E-state index contributed by atoms with van der Waals surface area (Å²) in [6, 6.07) is 4.01. The molecule has 2 aliphatic carbocycles. The second kappa shape index (κ2) is 5.08. The highest BCUT2D eigenvalue weighted by atomic mass is 32.1. The van der Waals surface area contributed by atoms with Crippen molar-refractivity contribution in [1.82, 2.24) is 4.98 Å². The molecule has 2 aliphatic rings. The summed E-state index contributed by atoms with van der Waals surface area (Å²) in [7, 11) is 0. The van der Waals surface area contributed by atoms with Gasteiger partial charge in [0, 0.05) is 18.8 Å². The second-order valence-electron chi connectivity index (χ2n) is 5.98. The van der Waals surface area contributed by atoms with E-state index in [1.165, 1.54) is 25.7 Å². The maximum Gasteiger partial charge on any atom is 0.139 e. The molecular formula is C15H21N3S. The van der Waals surface area contributed by atoms with E-state index in [1.54, 1.807) is 0 Å². The Hall–Kier alpha value is -1.16. The van der Waals surface area contributed by atoms with Gasteiger partial charge in [0.05, 0.1) is 5.56 Å². The maximum absolute atomic E-state index is 5.86. The standard InChI is InChI=1S/C15H21N3S/c1-10-2-7-13(14(16)19)15(17-10)18(8-11-3-4-11)9-12-5-6-12/h2,7,11-12H,3-6,8-9H2,1H3,(H2,16,19). The SMILES string of the molecule is Cc1ccc(C(N)=S)c(N(CC2CC2)CC2CC2)n1. The summed E-state index contributed by atoms with van der Waals surface area (Å²) in [5.41, 5.74) is 7.83. The molecule has 0 unspecified atom stereocenters. The largest absolute Gasteiger partial charge is 0.389 e. The van der Waals surface area contributed by atoms with Crippen molar-refractivity contribution in [3.63, 3.8) is 0 Å². The van der Waals surface area contributed by atoms with Gasteiger partial charge in [-0.1, -0.05) is 12.2 Å². The molecule has 0 radical (unpaired) electrons. The molecule has 0 bridgehead atoms. The average Bonchev–Trinajstić information content (AvgIpc) is 3.22. The van der Waals surface area contributed by atoms with Crippen LogP contribution in [0.2, 0.25) is 0 Å². The van der Waals surface area contributed by atoms with Crippen LogP contribution in [0.4, 0.5) is 5.82 Å². The average molecular weight is 275 g/mol. The Labute approximate surface area is 120 Å². The van der Waals surface area contributed by atoms with Gasteiger partial charge < -0.3 is 10.6 Å². The molecule has 0 amide bonds. The minimum absolute atomic E-state index is 0.457. The molecule has 1 heterocycles. The van der Waals surface area contributed by atoms with Gasteiger partial charge in [0.2, 0.25) is 0 Å². The fourth-order valence-electron chi connectivity index (χ4n) is 2.45. The molecule has 2 N–H and O–H groups in total. The van der Waals surface area contributed by atoms with Crippen LogP contribution in [-0.4, -0.2) is 23.1 Å². The normalized spacial score (nSPS) is 18.4. The first-order valence-corrected chi connectivity index (χ1v) is 7.56. The molecule has 0 aliphatic heterocycles. The highest BCUT2D eigenvalue weighted by molar-refractivity contribution is 7.80. The zero-order valence-electron chi connectivity index (χ0n) is 11.4. The van der Waals surface area contributed by atoms with Crippen LogP contribution >= 0.6 is 12.2 Å². The summed E-state index contributed by atoms with van der Waals surface area (Å²) < 4.78 is 0. The van der Waals surface area contributed by atoms with E-state index in [0.29, 0.717) is 4.99 Å². The number of pyridine rings is 1. The quantitative estimate of drug-likeness (QED) is 0.811. The molecule has 2 saturated carbocycles. The van der Waals surface area contributed by atoms with Crippen molar-refractivity contribution in [2.75, 3.05) is 18.0 Å². The Morgan fingerprint density at radius 3 is 2.32 bits per heavy atom. The highest BCUT2D eigenvalue weighted by Crippen LogP contribution is 2.36. The summed E-state index contributed by atoms with van der Waals surface area (Å²) in [5.74, 6) is 2.70. The molecule has 0 aromatic carbocycles. The van der Waals surface area contributed by atoms with Crippen LogP contribution in [0, 0.1) is 18.8 Å². The van der Waals surface area contributed by atoms with Crippen molar-refractivity contribution in [3.05, 3.63) is 23.4 Å². The molecule has 0 saturated heterocycles. The Bertz CT molecular complexity index is 478. The van der Waals surface area contributed by atoms with E-state index in [2.05, 4.69) is 4.90 Å². The number of aryl methyl sites for hydroxylation is 1. The lowest BCUT2D eigenvalue weighted by Crippen LogP contribution is -2.31. The van der Waals surface area contributed by atoms with Crippen LogP contribution in [0.5, 0.6) is 0 Å². The van der Waals surface area contributed by atoms with Crippen molar-refractivity contribution in [2.45, 2.75) is 32.6 Å². The number of hydrogen-bond acceptors (Lipinski definition) is 3. The minimum atomic E-state index is 0.457. The van der Waals surface area contributed by atoms with Gasteiger partial charge in [0.25, 0.3) is 0 Å². The molecule has 19 heavy (non-hydrogen) atoms. The molecule has 0 atom stereocenters. The van der Waals surface area contributed by atoms with Crippen LogP contribution in [-0.2, 0) is 0 Å². The van der Waals surface area contributed by atoms with Crippen LogP contribution < -0.4 is 10.6 Å². The Kier molecular flexibility index (Phi) is 3.44. The Morgan fingerprint density at radius 2 is 1.84 bits per heavy atom. The topological polar surface area (TPSA) is 42.1 Å². The summed E-state index contributed by atoms with van der Waals surface area (Å²) in [6.45, 7) is 4.25. The van der Waals surface area contributed by atoms with Crippen LogP contribution in [0.15, 0.2) is 12.1 Å². The first-order chi connectivity index (χ1) is 9.13. The number of nitrogens with two attached hydrogens (primary N) is 1. The van der Waals surface area contributed by atoms with Gasteiger partial charge in [-0.25, -0.2) is 4.98 Å². The third kappa shape index (κ3) is 3.24. The minimum Gasteiger partial charge on any atom is -0.389 e. The number of aromatic nitrogens is 1. The lowest BCUT2D eigenvalue weighted by molar-refractivity contribution is 0.670. The summed E-state index contributed by atoms with van der Waals surface area (Å²) >= 11 is 5.18. The molecule has 1 aromatic rings. The third-order valence-electron chi connectivity index (χ3n) is 3.93. The van der Waals surface area contributed by atoms with E-state index in [-0.39, 0.29) is 0 Å². The lowest BCUT2D eigenvalue weighted by atomic mass is 10.2. The Morgan fingerprint density at radius 1 is 1.26 bits per heavy atom. The van der Waals surface area contributed by atoms with Crippen molar-refractivity contribution >= 4 is 23.0 Å². The zero-order chi connectivity index (χ0) is 13.4. The number of nitrogens with zero attached hydrogens (tertiary/aromatic N) is 2. The van der Waals surface area contributed by atoms with E-state index in [9.17, 15) is 0 Å². The smallest absolute Gasteiger partial charge is 0.139 e. The number of thiocarbonyl (C=S) groups is 1. The van der Waals surface area contributed by atoms with E-state index in [4.69, 9.17) is 22.9 Å². The maximum atomic E-state index is 5.86. The van der Waals surface area contributed by atoms with E-state index in [0.717, 1.165) is 42.0 Å². The number of hydrogen-bond donors (Lipinski definition) is 1. The van der Waals surface area contributed by atoms with Gasteiger partial charge in [-0.2, -0.15) is 0 Å². The molecule has 3 rings (SSSR count). The predicted octanol–water partition coefficient (Wildman–Crippen LogP) is 2.65. The molecule has 2 fully saturated rings. The first-order valence-electron chi connectivity index (χ1n) is 7.16. The molecule has 102 valence electrons. The molecule has 4 heteroatoms. The van der Waals surface area contributed by atoms with Gasteiger partial charge in [-0.05, 0) is 56.6 Å². The van der Waals surface area contributed by atoms with Crippen LogP contribution in [0.3, 0.4) is 0 Å². The van der Waals surface area contributed by atoms with Gasteiger partial charge in [-0.15, -0.1) is 0 Å². The van der Waals surface area contributed by atoms with E-state index >= 15 is 0 Å². The summed E-state index contributed by atoms with van der Waals surface area (Å²) in [4.78, 5) is 7.60. The molecular weight excluding hydrogens is 254 g/mol. The monoisotopic (exact) mass is 275 g/mol. The first kappa shape index (κ1) is 12.9. The third-order valence-corrected chi connectivity index (χ3v) is 4.15. The molecule has 0 spiro atoms. The van der Waals surface area contributed by atoms with Crippen molar-refractivity contribution in [2.24, 2.45) is 17.6 Å². The highest BCUT2D eigenvalue weighted by Gasteiger charge is 2.31. The van der Waals surface area contributed by atoms with Crippen LogP contribution in [0.1, 0.15) is 36.9 Å². The van der Waals surface area contributed by atoms with Crippen molar-refractivity contribution < 1.29 is 0 Å². The second-order valence-corrected chi connectivity index (χ2v) is 6.42. The predicted molar refractivity (Wildman–Crippen MR) is 82.5 cm³/mol. The summed E-state index contributed by atoms with van der Waals surface area (Å²) in [6.07, 6.45) is 5.43. The Balaban J connectivity index is 1.89. The van der Waals surface area contributed by atoms with Gasteiger partial charge in [0.1, 0.15) is 10.8 Å². The number of anilines is 1. The van der Waals surface area contributed by atoms with Gasteiger partial charge in [0.15, 0.2) is 0 Å².